The summed E-state index contributed by atoms with van der Waals surface area (Å²) in [5.74, 6) is 2.25. The number of benzene rings is 2. The van der Waals surface area contributed by atoms with Crippen molar-refractivity contribution in [1.82, 2.24) is 15.5 Å². The molecule has 0 heterocycles. The molecular formula is C25H34N4O3. The van der Waals surface area contributed by atoms with E-state index in [2.05, 4.69) is 15.6 Å². The molecule has 2 aromatic rings. The van der Waals surface area contributed by atoms with Gasteiger partial charge < -0.3 is 25.0 Å². The first kappa shape index (κ1) is 23.4. The van der Waals surface area contributed by atoms with Crippen molar-refractivity contribution in [2.45, 2.75) is 44.9 Å². The maximum atomic E-state index is 12.0. The number of nitrogens with zero attached hydrogens (tertiary/aromatic N) is 2. The van der Waals surface area contributed by atoms with E-state index in [1.54, 1.807) is 33.2 Å². The predicted octanol–water partition coefficient (Wildman–Crippen LogP) is 3.58. The summed E-state index contributed by atoms with van der Waals surface area (Å²) in [6.45, 7) is 1.16. The van der Waals surface area contributed by atoms with Crippen molar-refractivity contribution in [1.29, 1.82) is 0 Å². The number of ether oxygens (including phenoxy) is 2. The Kier molecular flexibility index (Phi) is 8.36. The second-order valence-corrected chi connectivity index (χ2v) is 8.15. The summed E-state index contributed by atoms with van der Waals surface area (Å²) in [4.78, 5) is 17.9. The summed E-state index contributed by atoms with van der Waals surface area (Å²) in [6, 6.07) is 13.6. The molecule has 1 fully saturated rings. The summed E-state index contributed by atoms with van der Waals surface area (Å²) in [6.07, 6.45) is 4.87. The van der Waals surface area contributed by atoms with Gasteiger partial charge in [-0.2, -0.15) is 0 Å². The molecule has 1 saturated carbocycles. The lowest BCUT2D eigenvalue weighted by molar-refractivity contribution is 0.0827. The van der Waals surface area contributed by atoms with E-state index in [0.29, 0.717) is 24.6 Å². The highest BCUT2D eigenvalue weighted by molar-refractivity contribution is 5.93. The maximum Gasteiger partial charge on any atom is 0.253 e. The third kappa shape index (κ3) is 6.15. The number of methoxy groups -OCH3 is 1. The molecule has 2 N–H and O–H groups in total. The topological polar surface area (TPSA) is 75.2 Å². The van der Waals surface area contributed by atoms with E-state index in [1.165, 1.54) is 12.8 Å². The third-order valence-corrected chi connectivity index (χ3v) is 5.60. The summed E-state index contributed by atoms with van der Waals surface area (Å²) < 4.78 is 11.9. The van der Waals surface area contributed by atoms with Crippen LogP contribution >= 0.6 is 0 Å². The summed E-state index contributed by atoms with van der Waals surface area (Å²) >= 11 is 0. The highest BCUT2D eigenvalue weighted by atomic mass is 16.5. The molecule has 0 bridgehead atoms. The Labute approximate surface area is 190 Å². The zero-order chi connectivity index (χ0) is 22.9. The van der Waals surface area contributed by atoms with Crippen molar-refractivity contribution in [2.75, 3.05) is 28.3 Å². The number of hydrogen-bond acceptors (Lipinski definition) is 4. The van der Waals surface area contributed by atoms with Gasteiger partial charge in [-0.05, 0) is 49.4 Å². The molecule has 172 valence electrons. The molecule has 0 atom stereocenters. The van der Waals surface area contributed by atoms with E-state index in [4.69, 9.17) is 9.47 Å². The van der Waals surface area contributed by atoms with Gasteiger partial charge in [0.25, 0.3) is 5.91 Å². The summed E-state index contributed by atoms with van der Waals surface area (Å²) in [7, 11) is 6.92. The van der Waals surface area contributed by atoms with Crippen LogP contribution in [-0.4, -0.2) is 51.1 Å². The molecule has 7 heteroatoms. The van der Waals surface area contributed by atoms with E-state index in [0.717, 1.165) is 35.5 Å². The zero-order valence-corrected chi connectivity index (χ0v) is 19.5. The fourth-order valence-corrected chi connectivity index (χ4v) is 3.78. The first-order chi connectivity index (χ1) is 15.5. The first-order valence-corrected chi connectivity index (χ1v) is 11.1. The smallest absolute Gasteiger partial charge is 0.253 e. The van der Waals surface area contributed by atoms with Crippen molar-refractivity contribution in [3.05, 3.63) is 59.2 Å². The van der Waals surface area contributed by atoms with E-state index in [1.807, 2.05) is 42.5 Å². The van der Waals surface area contributed by atoms with Gasteiger partial charge in [0.15, 0.2) is 17.5 Å². The molecule has 0 aliphatic heterocycles. The molecular weight excluding hydrogens is 404 g/mol. The highest BCUT2D eigenvalue weighted by Crippen LogP contribution is 2.34. The Morgan fingerprint density at radius 1 is 1.06 bits per heavy atom. The van der Waals surface area contributed by atoms with Crippen LogP contribution in [0.2, 0.25) is 0 Å². The number of amides is 1. The van der Waals surface area contributed by atoms with Crippen molar-refractivity contribution in [3.8, 4) is 11.5 Å². The maximum absolute atomic E-state index is 12.0. The second kappa shape index (κ2) is 11.4. The number of hydrogen-bond donors (Lipinski definition) is 2. The standard InChI is InChI=1S/C25H34N4O3/c1-26-25(27-16-18-12-14-19(15-13-18)24(30)29(2)3)28-17-20-8-7-11-22(31-4)23(20)32-21-9-5-6-10-21/h7-8,11-15,21H,5-6,9-10,16-17H2,1-4H3,(H2,26,27,28). The summed E-state index contributed by atoms with van der Waals surface area (Å²) in [5.41, 5.74) is 2.77. The van der Waals surface area contributed by atoms with E-state index < -0.39 is 0 Å². The van der Waals surface area contributed by atoms with Crippen LogP contribution in [0.3, 0.4) is 0 Å². The Morgan fingerprint density at radius 3 is 2.38 bits per heavy atom. The molecule has 0 unspecified atom stereocenters. The van der Waals surface area contributed by atoms with Crippen LogP contribution in [0.4, 0.5) is 0 Å². The van der Waals surface area contributed by atoms with Crippen LogP contribution in [0.1, 0.15) is 47.2 Å². The third-order valence-electron chi connectivity index (χ3n) is 5.60. The Balaban J connectivity index is 1.59. The number of carbonyl (C=O) groups excluding carboxylic acids is 1. The molecule has 0 aromatic heterocycles. The summed E-state index contributed by atoms with van der Waals surface area (Å²) in [5, 5.41) is 6.68. The number of guanidine groups is 1. The van der Waals surface area contributed by atoms with Crippen LogP contribution < -0.4 is 20.1 Å². The van der Waals surface area contributed by atoms with Crippen molar-refractivity contribution >= 4 is 11.9 Å². The van der Waals surface area contributed by atoms with Crippen LogP contribution in [-0.2, 0) is 13.1 Å². The minimum atomic E-state index is -0.00379. The average Bonchev–Trinajstić information content (AvgIpc) is 3.33. The van der Waals surface area contributed by atoms with Crippen molar-refractivity contribution < 1.29 is 14.3 Å². The van der Waals surface area contributed by atoms with E-state index in [-0.39, 0.29) is 12.0 Å². The SMILES string of the molecule is CN=C(NCc1ccc(C(=O)N(C)C)cc1)NCc1cccc(OC)c1OC1CCCC1. The fourth-order valence-electron chi connectivity index (χ4n) is 3.78. The molecule has 32 heavy (non-hydrogen) atoms. The van der Waals surface area contributed by atoms with Gasteiger partial charge in [0.05, 0.1) is 13.2 Å². The lowest BCUT2D eigenvalue weighted by Crippen LogP contribution is -2.36. The van der Waals surface area contributed by atoms with Crippen LogP contribution in [0.5, 0.6) is 11.5 Å². The number of aliphatic imine (C=N–C) groups is 1. The van der Waals surface area contributed by atoms with Gasteiger partial charge in [-0.3, -0.25) is 9.79 Å². The highest BCUT2D eigenvalue weighted by Gasteiger charge is 2.20. The van der Waals surface area contributed by atoms with Gasteiger partial charge in [0, 0.05) is 45.4 Å². The van der Waals surface area contributed by atoms with Gasteiger partial charge in [-0.25, -0.2) is 0 Å². The number of nitrogens with one attached hydrogen (secondary N) is 2. The van der Waals surface area contributed by atoms with Crippen LogP contribution in [0.15, 0.2) is 47.5 Å². The van der Waals surface area contributed by atoms with Gasteiger partial charge in [0.1, 0.15) is 0 Å². The quantitative estimate of drug-likeness (QED) is 0.487. The predicted molar refractivity (Wildman–Crippen MR) is 127 cm³/mol. The van der Waals surface area contributed by atoms with Crippen LogP contribution in [0, 0.1) is 0 Å². The molecule has 1 aliphatic rings. The normalized spacial score (nSPS) is 14.2. The molecule has 0 spiro atoms. The molecule has 0 saturated heterocycles. The zero-order valence-electron chi connectivity index (χ0n) is 19.5. The monoisotopic (exact) mass is 438 g/mol. The Bertz CT molecular complexity index is 919. The molecule has 2 aromatic carbocycles. The van der Waals surface area contributed by atoms with Gasteiger partial charge in [-0.15, -0.1) is 0 Å². The van der Waals surface area contributed by atoms with Gasteiger partial charge in [-0.1, -0.05) is 24.3 Å². The largest absolute Gasteiger partial charge is 0.493 e. The number of rotatable bonds is 8. The van der Waals surface area contributed by atoms with E-state index >= 15 is 0 Å². The van der Waals surface area contributed by atoms with Gasteiger partial charge >= 0.3 is 0 Å². The lowest BCUT2D eigenvalue weighted by Gasteiger charge is -2.20. The minimum Gasteiger partial charge on any atom is -0.493 e. The average molecular weight is 439 g/mol. The van der Waals surface area contributed by atoms with Gasteiger partial charge in [0.2, 0.25) is 0 Å². The van der Waals surface area contributed by atoms with Crippen LogP contribution in [0.25, 0.3) is 0 Å². The lowest BCUT2D eigenvalue weighted by atomic mass is 10.1. The molecule has 0 radical (unpaired) electrons. The number of para-hydroxylation sites is 1. The van der Waals surface area contributed by atoms with Crippen molar-refractivity contribution in [2.24, 2.45) is 4.99 Å². The molecule has 1 amide bonds. The Hall–Kier alpha value is -3.22. The first-order valence-electron chi connectivity index (χ1n) is 11.1. The molecule has 3 rings (SSSR count). The second-order valence-electron chi connectivity index (χ2n) is 8.15. The fraction of sp³-hybridized carbons (Fsp3) is 0.440. The molecule has 7 nitrogen and oxygen atoms in total. The minimum absolute atomic E-state index is 0.00379. The van der Waals surface area contributed by atoms with E-state index in [9.17, 15) is 4.79 Å². The van der Waals surface area contributed by atoms with Crippen molar-refractivity contribution in [3.63, 3.8) is 0 Å². The Morgan fingerprint density at radius 2 is 1.75 bits per heavy atom. The number of carbonyl (C=O) groups is 1. The molecule has 1 aliphatic carbocycles.